The van der Waals surface area contributed by atoms with Crippen LogP contribution in [0.1, 0.15) is 24.1 Å². The molecule has 88 valence electrons. The molecule has 1 fully saturated rings. The Morgan fingerprint density at radius 2 is 2.50 bits per heavy atom. The number of nitrogens with one attached hydrogen (secondary N) is 1. The van der Waals surface area contributed by atoms with Gasteiger partial charge in [0.2, 0.25) is 5.91 Å². The summed E-state index contributed by atoms with van der Waals surface area (Å²) in [5, 5.41) is 2.97. The van der Waals surface area contributed by atoms with Gasteiger partial charge >= 0.3 is 0 Å². The Labute approximate surface area is 99.3 Å². The average molecular weight is 239 g/mol. The molecule has 1 amide bonds. The van der Waals surface area contributed by atoms with Crippen LogP contribution < -0.4 is 11.1 Å². The molecule has 0 radical (unpaired) electrons. The normalized spacial score (nSPS) is 24.6. The highest BCUT2D eigenvalue weighted by atomic mass is 32.1. The van der Waals surface area contributed by atoms with E-state index in [-0.39, 0.29) is 11.8 Å². The van der Waals surface area contributed by atoms with Crippen molar-refractivity contribution >= 4 is 17.2 Å². The van der Waals surface area contributed by atoms with E-state index in [4.69, 9.17) is 5.73 Å². The van der Waals surface area contributed by atoms with Crippen LogP contribution in [0, 0.1) is 11.8 Å². The molecule has 0 aliphatic heterocycles. The minimum atomic E-state index is 0.123. The zero-order valence-corrected chi connectivity index (χ0v) is 10.0. The lowest BCUT2D eigenvalue weighted by atomic mass is 9.95. The molecule has 1 aromatic heterocycles. The minimum Gasteiger partial charge on any atom is -0.351 e. The molecule has 2 atom stereocenters. The van der Waals surface area contributed by atoms with Crippen molar-refractivity contribution in [1.82, 2.24) is 10.3 Å². The van der Waals surface area contributed by atoms with Gasteiger partial charge in [0.25, 0.3) is 0 Å². The molecule has 2 unspecified atom stereocenters. The number of thiazole rings is 1. The standard InChI is InChI=1S/C11H17N3OS/c12-4-8-2-1-3-10(8)11(15)14-6-9-5-13-7-16-9/h5,7-8,10H,1-4,6,12H2,(H,14,15). The number of rotatable bonds is 4. The van der Waals surface area contributed by atoms with E-state index in [1.54, 1.807) is 23.0 Å². The predicted molar refractivity (Wildman–Crippen MR) is 63.8 cm³/mol. The van der Waals surface area contributed by atoms with Gasteiger partial charge in [0.05, 0.1) is 12.1 Å². The van der Waals surface area contributed by atoms with Crippen LogP contribution in [0.5, 0.6) is 0 Å². The monoisotopic (exact) mass is 239 g/mol. The van der Waals surface area contributed by atoms with Crippen LogP contribution >= 0.6 is 11.3 Å². The third kappa shape index (κ3) is 2.59. The Kier molecular flexibility index (Phi) is 3.90. The van der Waals surface area contributed by atoms with Gasteiger partial charge in [-0.3, -0.25) is 9.78 Å². The van der Waals surface area contributed by atoms with Crippen LogP contribution in [0.25, 0.3) is 0 Å². The van der Waals surface area contributed by atoms with Crippen LogP contribution in [-0.4, -0.2) is 17.4 Å². The summed E-state index contributed by atoms with van der Waals surface area (Å²) >= 11 is 1.56. The number of carbonyl (C=O) groups excluding carboxylic acids is 1. The smallest absolute Gasteiger partial charge is 0.223 e. The molecule has 1 aromatic rings. The van der Waals surface area contributed by atoms with Crippen LogP contribution in [-0.2, 0) is 11.3 Å². The molecule has 3 N–H and O–H groups in total. The van der Waals surface area contributed by atoms with Gasteiger partial charge in [0.1, 0.15) is 0 Å². The summed E-state index contributed by atoms with van der Waals surface area (Å²) in [6, 6.07) is 0. The molecule has 0 spiro atoms. The molecule has 1 aliphatic rings. The van der Waals surface area contributed by atoms with Crippen molar-refractivity contribution in [2.75, 3.05) is 6.54 Å². The van der Waals surface area contributed by atoms with Gasteiger partial charge in [-0.1, -0.05) is 6.42 Å². The van der Waals surface area contributed by atoms with Gasteiger partial charge in [-0.05, 0) is 25.3 Å². The predicted octanol–water partition coefficient (Wildman–Crippen LogP) is 1.13. The summed E-state index contributed by atoms with van der Waals surface area (Å²) in [6.45, 7) is 1.22. The Hall–Kier alpha value is -0.940. The highest BCUT2D eigenvalue weighted by molar-refractivity contribution is 7.09. The van der Waals surface area contributed by atoms with E-state index in [0.717, 1.165) is 24.1 Å². The Bertz CT molecular complexity index is 339. The largest absolute Gasteiger partial charge is 0.351 e. The first-order valence-corrected chi connectivity index (χ1v) is 6.54. The molecule has 1 saturated carbocycles. The van der Waals surface area contributed by atoms with Gasteiger partial charge in [0, 0.05) is 17.0 Å². The maximum absolute atomic E-state index is 11.9. The number of hydrogen-bond acceptors (Lipinski definition) is 4. The lowest BCUT2D eigenvalue weighted by Crippen LogP contribution is -2.34. The molecule has 0 saturated heterocycles. The first-order valence-electron chi connectivity index (χ1n) is 5.66. The third-order valence-electron chi connectivity index (χ3n) is 3.22. The van der Waals surface area contributed by atoms with Crippen molar-refractivity contribution < 1.29 is 4.79 Å². The lowest BCUT2D eigenvalue weighted by molar-refractivity contribution is -0.126. The minimum absolute atomic E-state index is 0.123. The van der Waals surface area contributed by atoms with E-state index in [1.165, 1.54) is 0 Å². The zero-order chi connectivity index (χ0) is 11.4. The van der Waals surface area contributed by atoms with Crippen LogP contribution in [0.3, 0.4) is 0 Å². The fourth-order valence-corrected chi connectivity index (χ4v) is 2.83. The highest BCUT2D eigenvalue weighted by Gasteiger charge is 2.31. The molecule has 5 heteroatoms. The van der Waals surface area contributed by atoms with Crippen molar-refractivity contribution in [3.05, 3.63) is 16.6 Å². The van der Waals surface area contributed by atoms with Crippen molar-refractivity contribution in [3.63, 3.8) is 0 Å². The molecular weight excluding hydrogens is 222 g/mol. The summed E-state index contributed by atoms with van der Waals surface area (Å²) in [5.41, 5.74) is 7.44. The summed E-state index contributed by atoms with van der Waals surface area (Å²) in [6.07, 6.45) is 4.99. The van der Waals surface area contributed by atoms with E-state index in [2.05, 4.69) is 10.3 Å². The number of nitrogens with zero attached hydrogens (tertiary/aromatic N) is 1. The second kappa shape index (κ2) is 5.41. The van der Waals surface area contributed by atoms with Crippen LogP contribution in [0.2, 0.25) is 0 Å². The molecule has 2 rings (SSSR count). The molecule has 1 heterocycles. The highest BCUT2D eigenvalue weighted by Crippen LogP contribution is 2.30. The fourth-order valence-electron chi connectivity index (χ4n) is 2.30. The van der Waals surface area contributed by atoms with Gasteiger partial charge < -0.3 is 11.1 Å². The molecular formula is C11H17N3OS. The zero-order valence-electron chi connectivity index (χ0n) is 9.19. The van der Waals surface area contributed by atoms with E-state index in [0.29, 0.717) is 19.0 Å². The maximum atomic E-state index is 11.9. The van der Waals surface area contributed by atoms with Gasteiger partial charge in [0.15, 0.2) is 0 Å². The maximum Gasteiger partial charge on any atom is 0.223 e. The first kappa shape index (κ1) is 11.5. The number of carbonyl (C=O) groups is 1. The van der Waals surface area contributed by atoms with E-state index < -0.39 is 0 Å². The molecule has 0 aromatic carbocycles. The van der Waals surface area contributed by atoms with Gasteiger partial charge in [-0.2, -0.15) is 0 Å². The summed E-state index contributed by atoms with van der Waals surface area (Å²) < 4.78 is 0. The van der Waals surface area contributed by atoms with Crippen molar-refractivity contribution in [2.24, 2.45) is 17.6 Å². The molecule has 0 bridgehead atoms. The summed E-state index contributed by atoms with van der Waals surface area (Å²) in [5.74, 6) is 0.653. The fraction of sp³-hybridized carbons (Fsp3) is 0.636. The number of aromatic nitrogens is 1. The van der Waals surface area contributed by atoms with Crippen molar-refractivity contribution in [1.29, 1.82) is 0 Å². The molecule has 16 heavy (non-hydrogen) atoms. The first-order chi connectivity index (χ1) is 7.81. The van der Waals surface area contributed by atoms with Crippen molar-refractivity contribution in [2.45, 2.75) is 25.8 Å². The van der Waals surface area contributed by atoms with E-state index in [9.17, 15) is 4.79 Å². The lowest BCUT2D eigenvalue weighted by Gasteiger charge is -2.16. The van der Waals surface area contributed by atoms with E-state index in [1.807, 2.05) is 0 Å². The molecule has 4 nitrogen and oxygen atoms in total. The SMILES string of the molecule is NCC1CCCC1C(=O)NCc1cncs1. The van der Waals surface area contributed by atoms with Crippen molar-refractivity contribution in [3.8, 4) is 0 Å². The number of amides is 1. The second-order valence-electron chi connectivity index (χ2n) is 4.22. The van der Waals surface area contributed by atoms with Crippen LogP contribution in [0.15, 0.2) is 11.7 Å². The molecule has 1 aliphatic carbocycles. The summed E-state index contributed by atoms with van der Waals surface area (Å²) in [4.78, 5) is 17.0. The number of hydrogen-bond donors (Lipinski definition) is 2. The van der Waals surface area contributed by atoms with Gasteiger partial charge in [-0.15, -0.1) is 11.3 Å². The van der Waals surface area contributed by atoms with Crippen LogP contribution in [0.4, 0.5) is 0 Å². The summed E-state index contributed by atoms with van der Waals surface area (Å²) in [7, 11) is 0. The Morgan fingerprint density at radius 1 is 1.62 bits per heavy atom. The van der Waals surface area contributed by atoms with E-state index >= 15 is 0 Å². The topological polar surface area (TPSA) is 68.0 Å². The number of nitrogens with two attached hydrogens (primary N) is 1. The van der Waals surface area contributed by atoms with Gasteiger partial charge in [-0.25, -0.2) is 0 Å². The Balaban J connectivity index is 1.83. The average Bonchev–Trinajstić information content (AvgIpc) is 2.96. The third-order valence-corrected chi connectivity index (χ3v) is 4.00. The quantitative estimate of drug-likeness (QED) is 0.827. The second-order valence-corrected chi connectivity index (χ2v) is 5.19. The Morgan fingerprint density at radius 3 is 3.19 bits per heavy atom.